The van der Waals surface area contributed by atoms with Crippen LogP contribution in [0.4, 0.5) is 0 Å². The van der Waals surface area contributed by atoms with Crippen LogP contribution in [0.25, 0.3) is 11.3 Å². The van der Waals surface area contributed by atoms with Crippen LogP contribution in [0.3, 0.4) is 0 Å². The van der Waals surface area contributed by atoms with Gasteiger partial charge in [0.1, 0.15) is 22.9 Å². The Labute approximate surface area is 189 Å². The third-order valence-corrected chi connectivity index (χ3v) is 5.43. The quantitative estimate of drug-likeness (QED) is 0.431. The van der Waals surface area contributed by atoms with E-state index in [1.54, 1.807) is 38.2 Å². The van der Waals surface area contributed by atoms with Crippen LogP contribution in [0.1, 0.15) is 16.1 Å². The topological polar surface area (TPSA) is 87.5 Å². The maximum Gasteiger partial charge on any atom is 0.278 e. The summed E-state index contributed by atoms with van der Waals surface area (Å²) >= 11 is 1.43. The molecule has 2 aromatic carbocycles. The molecule has 0 atom stereocenters. The number of methoxy groups -OCH3 is 2. The molecule has 8 nitrogen and oxygen atoms in total. The third-order valence-electron chi connectivity index (χ3n) is 4.79. The second-order valence-electron chi connectivity index (χ2n) is 6.83. The van der Waals surface area contributed by atoms with Gasteiger partial charge in [0.2, 0.25) is 0 Å². The fraction of sp³-hybridized carbons (Fsp3) is 0.174. The number of aromatic nitrogens is 3. The Bertz CT molecular complexity index is 1200. The van der Waals surface area contributed by atoms with Gasteiger partial charge in [-0.25, -0.2) is 4.98 Å². The zero-order valence-electron chi connectivity index (χ0n) is 17.9. The molecule has 0 radical (unpaired) electrons. The first-order valence-electron chi connectivity index (χ1n) is 9.78. The Kier molecular flexibility index (Phi) is 6.37. The number of benzene rings is 2. The van der Waals surface area contributed by atoms with Crippen LogP contribution in [0, 0.1) is 0 Å². The second kappa shape index (κ2) is 9.52. The van der Waals surface area contributed by atoms with Gasteiger partial charge in [0.25, 0.3) is 11.1 Å². The van der Waals surface area contributed by atoms with E-state index in [0.717, 1.165) is 11.1 Å². The monoisotopic (exact) mass is 450 g/mol. The predicted molar refractivity (Wildman–Crippen MR) is 122 cm³/mol. The van der Waals surface area contributed by atoms with E-state index in [2.05, 4.69) is 15.4 Å². The lowest BCUT2D eigenvalue weighted by Crippen LogP contribution is -2.25. The highest BCUT2D eigenvalue weighted by atomic mass is 32.1. The molecule has 32 heavy (non-hydrogen) atoms. The molecule has 0 bridgehead atoms. The van der Waals surface area contributed by atoms with E-state index in [4.69, 9.17) is 14.2 Å². The largest absolute Gasteiger partial charge is 0.497 e. The summed E-state index contributed by atoms with van der Waals surface area (Å²) in [5, 5.41) is 9.86. The number of aryl methyl sites for hydroxylation is 1. The van der Waals surface area contributed by atoms with Crippen LogP contribution in [-0.2, 0) is 13.6 Å². The van der Waals surface area contributed by atoms with Crippen LogP contribution in [0.5, 0.6) is 22.4 Å². The van der Waals surface area contributed by atoms with Crippen molar-refractivity contribution < 1.29 is 19.0 Å². The molecule has 2 aromatic heterocycles. The third kappa shape index (κ3) is 4.73. The highest BCUT2D eigenvalue weighted by Gasteiger charge is 2.17. The van der Waals surface area contributed by atoms with E-state index in [1.165, 1.54) is 11.3 Å². The Morgan fingerprint density at radius 1 is 1.06 bits per heavy atom. The molecule has 0 unspecified atom stereocenters. The number of ether oxygens (including phenoxy) is 3. The first kappa shape index (κ1) is 21.4. The number of hydrogen-bond acceptors (Lipinski definition) is 7. The summed E-state index contributed by atoms with van der Waals surface area (Å²) in [4.78, 5) is 16.9. The van der Waals surface area contributed by atoms with Gasteiger partial charge in [0, 0.05) is 30.7 Å². The normalized spacial score (nSPS) is 10.6. The molecule has 4 rings (SSSR count). The van der Waals surface area contributed by atoms with Crippen molar-refractivity contribution in [2.45, 2.75) is 6.54 Å². The summed E-state index contributed by atoms with van der Waals surface area (Å²) in [6.07, 6.45) is 1.69. The molecule has 0 fully saturated rings. The zero-order chi connectivity index (χ0) is 22.5. The van der Waals surface area contributed by atoms with Gasteiger partial charge in [0.05, 0.1) is 19.9 Å². The van der Waals surface area contributed by atoms with Crippen molar-refractivity contribution in [1.29, 1.82) is 0 Å². The van der Waals surface area contributed by atoms with Crippen molar-refractivity contribution >= 4 is 17.2 Å². The van der Waals surface area contributed by atoms with Crippen molar-refractivity contribution in [3.8, 4) is 33.7 Å². The molecule has 1 N–H and O–H groups in total. The van der Waals surface area contributed by atoms with Crippen molar-refractivity contribution in [2.24, 2.45) is 7.05 Å². The summed E-state index contributed by atoms with van der Waals surface area (Å²) in [5.41, 5.74) is 2.75. The lowest BCUT2D eigenvalue weighted by molar-refractivity contribution is 0.0941. The van der Waals surface area contributed by atoms with Crippen molar-refractivity contribution in [3.63, 3.8) is 0 Å². The number of carbonyl (C=O) groups is 1. The average Bonchev–Trinajstić information content (AvgIpc) is 3.47. The highest BCUT2D eigenvalue weighted by molar-refractivity contribution is 7.11. The summed E-state index contributed by atoms with van der Waals surface area (Å²) in [6.45, 7) is 0.374. The van der Waals surface area contributed by atoms with Crippen LogP contribution in [0.15, 0.2) is 60.1 Å². The minimum Gasteiger partial charge on any atom is -0.497 e. The average molecular weight is 451 g/mol. The molecule has 9 heteroatoms. The minimum atomic E-state index is -0.226. The summed E-state index contributed by atoms with van der Waals surface area (Å²) in [5.74, 6) is 1.80. The van der Waals surface area contributed by atoms with Gasteiger partial charge in [-0.2, -0.15) is 5.10 Å². The number of hydrogen-bond donors (Lipinski definition) is 1. The lowest BCUT2D eigenvalue weighted by Gasteiger charge is -2.08. The van der Waals surface area contributed by atoms with Crippen molar-refractivity contribution in [1.82, 2.24) is 20.1 Å². The molecule has 0 saturated carbocycles. The van der Waals surface area contributed by atoms with Gasteiger partial charge in [0.15, 0.2) is 0 Å². The van der Waals surface area contributed by atoms with Crippen molar-refractivity contribution in [3.05, 3.63) is 71.4 Å². The van der Waals surface area contributed by atoms with E-state index in [0.29, 0.717) is 40.4 Å². The molecule has 1 amide bonds. The molecule has 0 aliphatic heterocycles. The first-order valence-corrected chi connectivity index (χ1v) is 10.7. The lowest BCUT2D eigenvalue weighted by atomic mass is 10.1. The van der Waals surface area contributed by atoms with Gasteiger partial charge in [-0.05, 0) is 42.0 Å². The van der Waals surface area contributed by atoms with Crippen LogP contribution >= 0.6 is 11.3 Å². The molecule has 0 aliphatic carbocycles. The molecular formula is C23H22N4O4S. The zero-order valence-corrected chi connectivity index (χ0v) is 18.7. The minimum absolute atomic E-state index is 0.226. The first-order chi connectivity index (χ1) is 15.6. The fourth-order valence-corrected chi connectivity index (χ4v) is 3.64. The maximum atomic E-state index is 12.8. The number of carbonyl (C=O) groups excluding carboxylic acids is 1. The number of nitrogens with one attached hydrogen (secondary N) is 1. The molecule has 2 heterocycles. The van der Waals surface area contributed by atoms with Gasteiger partial charge in [-0.3, -0.25) is 9.48 Å². The fourth-order valence-electron chi connectivity index (χ4n) is 3.14. The number of nitrogens with zero attached hydrogens (tertiary/aromatic N) is 3. The molecule has 0 spiro atoms. The maximum absolute atomic E-state index is 12.8. The van der Waals surface area contributed by atoms with E-state index in [1.807, 2.05) is 47.8 Å². The van der Waals surface area contributed by atoms with Gasteiger partial charge >= 0.3 is 0 Å². The number of amides is 1. The van der Waals surface area contributed by atoms with E-state index >= 15 is 0 Å². The Morgan fingerprint density at radius 2 is 1.84 bits per heavy atom. The molecular weight excluding hydrogens is 428 g/mol. The molecule has 0 saturated heterocycles. The summed E-state index contributed by atoms with van der Waals surface area (Å²) in [6, 6.07) is 14.7. The molecule has 0 aliphatic rings. The molecule has 4 aromatic rings. The number of rotatable bonds is 8. The van der Waals surface area contributed by atoms with Crippen molar-refractivity contribution in [2.75, 3.05) is 14.2 Å². The van der Waals surface area contributed by atoms with Gasteiger partial charge in [-0.1, -0.05) is 23.5 Å². The van der Waals surface area contributed by atoms with Gasteiger partial charge in [-0.15, -0.1) is 0 Å². The van der Waals surface area contributed by atoms with E-state index in [-0.39, 0.29) is 5.91 Å². The Morgan fingerprint density at radius 3 is 2.53 bits per heavy atom. The van der Waals surface area contributed by atoms with E-state index in [9.17, 15) is 4.79 Å². The van der Waals surface area contributed by atoms with Gasteiger partial charge < -0.3 is 19.5 Å². The Balaban J connectivity index is 1.44. The predicted octanol–water partition coefficient (Wildman–Crippen LogP) is 4.28. The number of thiazole rings is 1. The van der Waals surface area contributed by atoms with Crippen LogP contribution < -0.4 is 19.5 Å². The highest BCUT2D eigenvalue weighted by Crippen LogP contribution is 2.33. The summed E-state index contributed by atoms with van der Waals surface area (Å²) in [7, 11) is 4.92. The SMILES string of the molecule is COc1ccc(OC)c(-c2cc(C(=O)NCc3ccc(Oc4nccs4)cc3)n(C)n2)c1. The Hall–Kier alpha value is -3.85. The second-order valence-corrected chi connectivity index (χ2v) is 7.69. The molecule has 164 valence electrons. The summed E-state index contributed by atoms with van der Waals surface area (Å²) < 4.78 is 17.9. The van der Waals surface area contributed by atoms with E-state index < -0.39 is 0 Å². The smallest absolute Gasteiger partial charge is 0.278 e. The van der Waals surface area contributed by atoms with Crippen LogP contribution in [0.2, 0.25) is 0 Å². The standard InChI is InChI=1S/C23H22N4O4S/c1-27-20(13-19(26-27)18-12-17(29-2)8-9-21(18)30-3)22(28)25-14-15-4-6-16(7-5-15)31-23-24-10-11-32-23/h4-13H,14H2,1-3H3,(H,25,28). The van der Waals surface area contributed by atoms with Crippen LogP contribution in [-0.4, -0.2) is 34.9 Å².